The Balaban J connectivity index is 1.80. The highest BCUT2D eigenvalue weighted by atomic mass is 16.2. The first kappa shape index (κ1) is 18.1. The molecule has 138 valence electrons. The zero-order chi connectivity index (χ0) is 18.7. The Hall–Kier alpha value is -2.67. The number of benzene rings is 1. The van der Waals surface area contributed by atoms with Crippen LogP contribution in [0.25, 0.3) is 0 Å². The zero-order valence-corrected chi connectivity index (χ0v) is 15.5. The number of amides is 2. The second-order valence-electron chi connectivity index (χ2n) is 6.84. The summed E-state index contributed by atoms with van der Waals surface area (Å²) >= 11 is 0. The predicted octanol–water partition coefficient (Wildman–Crippen LogP) is 0.776. The van der Waals surface area contributed by atoms with Gasteiger partial charge in [0.2, 0.25) is 5.91 Å². The fourth-order valence-electron chi connectivity index (χ4n) is 3.23. The van der Waals surface area contributed by atoms with Gasteiger partial charge in [0, 0.05) is 51.7 Å². The third-order valence-corrected chi connectivity index (χ3v) is 4.80. The van der Waals surface area contributed by atoms with Crippen LogP contribution in [-0.4, -0.2) is 83.1 Å². The second kappa shape index (κ2) is 7.70. The van der Waals surface area contributed by atoms with Crippen molar-refractivity contribution in [1.29, 1.82) is 0 Å². The van der Waals surface area contributed by atoms with Crippen molar-refractivity contribution in [3.05, 3.63) is 53.9 Å². The quantitative estimate of drug-likeness (QED) is 0.813. The molecule has 0 spiro atoms. The van der Waals surface area contributed by atoms with E-state index < -0.39 is 0 Å². The summed E-state index contributed by atoms with van der Waals surface area (Å²) in [7, 11) is 5.42. The SMILES string of the molecule is CN(C)C(=O)C1CN(C(=O)c2ccccc2Cn2cccn2)CCN1C. The largest absolute Gasteiger partial charge is 0.347 e. The second-order valence-corrected chi connectivity index (χ2v) is 6.84. The molecule has 1 aromatic heterocycles. The number of carbonyl (C=O) groups is 2. The molecule has 0 saturated carbocycles. The van der Waals surface area contributed by atoms with Crippen LogP contribution in [0.15, 0.2) is 42.7 Å². The molecule has 7 heteroatoms. The first-order valence-corrected chi connectivity index (χ1v) is 8.73. The lowest BCUT2D eigenvalue weighted by molar-refractivity contribution is -0.135. The summed E-state index contributed by atoms with van der Waals surface area (Å²) in [5, 5.41) is 4.22. The fourth-order valence-corrected chi connectivity index (χ4v) is 3.23. The summed E-state index contributed by atoms with van der Waals surface area (Å²) in [6.45, 7) is 2.24. The summed E-state index contributed by atoms with van der Waals surface area (Å²) in [5.74, 6) is -0.00719. The molecule has 3 rings (SSSR count). The first-order chi connectivity index (χ1) is 12.5. The number of rotatable bonds is 4. The number of nitrogens with zero attached hydrogens (tertiary/aromatic N) is 5. The van der Waals surface area contributed by atoms with Crippen molar-refractivity contribution >= 4 is 11.8 Å². The Labute approximate surface area is 153 Å². The van der Waals surface area contributed by atoms with Crippen molar-refractivity contribution in [2.45, 2.75) is 12.6 Å². The minimum Gasteiger partial charge on any atom is -0.347 e. The summed E-state index contributed by atoms with van der Waals surface area (Å²) in [5.41, 5.74) is 1.60. The van der Waals surface area contributed by atoms with Crippen LogP contribution in [0, 0.1) is 0 Å². The van der Waals surface area contributed by atoms with Gasteiger partial charge in [0.05, 0.1) is 6.54 Å². The van der Waals surface area contributed by atoms with Crippen molar-refractivity contribution in [3.8, 4) is 0 Å². The Bertz CT molecular complexity index is 772. The van der Waals surface area contributed by atoms with E-state index in [0.29, 0.717) is 31.7 Å². The van der Waals surface area contributed by atoms with Crippen LogP contribution in [0.4, 0.5) is 0 Å². The molecule has 0 bridgehead atoms. The molecule has 1 saturated heterocycles. The molecule has 0 radical (unpaired) electrons. The third kappa shape index (κ3) is 3.77. The molecular weight excluding hydrogens is 330 g/mol. The van der Waals surface area contributed by atoms with Crippen LogP contribution < -0.4 is 0 Å². The third-order valence-electron chi connectivity index (χ3n) is 4.80. The summed E-state index contributed by atoms with van der Waals surface area (Å²) in [6.07, 6.45) is 3.60. The van der Waals surface area contributed by atoms with E-state index in [4.69, 9.17) is 0 Å². The van der Waals surface area contributed by atoms with Crippen LogP contribution in [0.2, 0.25) is 0 Å². The highest BCUT2D eigenvalue weighted by molar-refractivity contribution is 5.96. The van der Waals surface area contributed by atoms with Gasteiger partial charge in [0.25, 0.3) is 5.91 Å². The van der Waals surface area contributed by atoms with E-state index in [-0.39, 0.29) is 17.9 Å². The molecule has 1 aliphatic heterocycles. The van der Waals surface area contributed by atoms with Crippen LogP contribution in [0.5, 0.6) is 0 Å². The van der Waals surface area contributed by atoms with Crippen molar-refractivity contribution in [2.75, 3.05) is 40.8 Å². The van der Waals surface area contributed by atoms with Gasteiger partial charge in [0.1, 0.15) is 6.04 Å². The zero-order valence-electron chi connectivity index (χ0n) is 15.5. The van der Waals surface area contributed by atoms with E-state index >= 15 is 0 Å². The van der Waals surface area contributed by atoms with Crippen LogP contribution in [0.1, 0.15) is 15.9 Å². The molecule has 7 nitrogen and oxygen atoms in total. The lowest BCUT2D eigenvalue weighted by atomic mass is 10.0. The Morgan fingerprint density at radius 1 is 1.19 bits per heavy atom. The van der Waals surface area contributed by atoms with Gasteiger partial charge in [-0.05, 0) is 24.7 Å². The number of hydrogen-bond acceptors (Lipinski definition) is 4. The van der Waals surface area contributed by atoms with Gasteiger partial charge >= 0.3 is 0 Å². The molecule has 1 aromatic carbocycles. The van der Waals surface area contributed by atoms with E-state index in [1.165, 1.54) is 0 Å². The van der Waals surface area contributed by atoms with E-state index in [9.17, 15) is 9.59 Å². The predicted molar refractivity (Wildman–Crippen MR) is 98.8 cm³/mol. The summed E-state index contributed by atoms with van der Waals surface area (Å²) < 4.78 is 1.80. The van der Waals surface area contributed by atoms with Crippen molar-refractivity contribution in [1.82, 2.24) is 24.5 Å². The van der Waals surface area contributed by atoms with Gasteiger partial charge in [-0.25, -0.2) is 0 Å². The van der Waals surface area contributed by atoms with E-state index in [1.54, 1.807) is 34.8 Å². The molecule has 2 amide bonds. The van der Waals surface area contributed by atoms with Gasteiger partial charge in [-0.1, -0.05) is 18.2 Å². The number of piperazine rings is 1. The summed E-state index contributed by atoms with van der Waals surface area (Å²) in [6, 6.07) is 9.16. The van der Waals surface area contributed by atoms with Crippen molar-refractivity contribution in [2.24, 2.45) is 0 Å². The minimum atomic E-state index is -0.305. The summed E-state index contributed by atoms with van der Waals surface area (Å²) in [4.78, 5) is 31.0. The van der Waals surface area contributed by atoms with Gasteiger partial charge in [-0.15, -0.1) is 0 Å². The van der Waals surface area contributed by atoms with Crippen molar-refractivity contribution in [3.63, 3.8) is 0 Å². The Morgan fingerprint density at radius 2 is 1.96 bits per heavy atom. The Morgan fingerprint density at radius 3 is 2.65 bits per heavy atom. The monoisotopic (exact) mass is 355 g/mol. The first-order valence-electron chi connectivity index (χ1n) is 8.73. The molecule has 2 aromatic rings. The molecule has 26 heavy (non-hydrogen) atoms. The average molecular weight is 355 g/mol. The normalized spacial score (nSPS) is 18.0. The lowest BCUT2D eigenvalue weighted by Crippen LogP contribution is -2.58. The van der Waals surface area contributed by atoms with Gasteiger partial charge in [0.15, 0.2) is 0 Å². The average Bonchev–Trinajstić information content (AvgIpc) is 3.14. The van der Waals surface area contributed by atoms with Crippen LogP contribution >= 0.6 is 0 Å². The van der Waals surface area contributed by atoms with E-state index in [2.05, 4.69) is 5.10 Å². The van der Waals surface area contributed by atoms with E-state index in [1.807, 2.05) is 48.5 Å². The van der Waals surface area contributed by atoms with Gasteiger partial charge in [-0.3, -0.25) is 19.2 Å². The molecule has 1 aliphatic rings. The molecule has 1 fully saturated rings. The maximum Gasteiger partial charge on any atom is 0.254 e. The smallest absolute Gasteiger partial charge is 0.254 e. The number of likely N-dealkylation sites (N-methyl/N-ethyl adjacent to an activating group) is 2. The maximum atomic E-state index is 13.1. The molecule has 1 atom stereocenters. The maximum absolute atomic E-state index is 13.1. The number of carbonyl (C=O) groups excluding carboxylic acids is 2. The molecule has 0 aliphatic carbocycles. The highest BCUT2D eigenvalue weighted by Crippen LogP contribution is 2.17. The standard InChI is InChI=1S/C19H25N5O2/c1-21(2)19(26)17-14-23(12-11-22(17)3)18(25)16-8-5-4-7-15(16)13-24-10-6-9-20-24/h4-10,17H,11-14H2,1-3H3. The lowest BCUT2D eigenvalue weighted by Gasteiger charge is -2.39. The highest BCUT2D eigenvalue weighted by Gasteiger charge is 2.33. The van der Waals surface area contributed by atoms with E-state index in [0.717, 1.165) is 5.56 Å². The molecule has 0 N–H and O–H groups in total. The molecular formula is C19H25N5O2. The van der Waals surface area contributed by atoms with Gasteiger partial charge in [-0.2, -0.15) is 5.10 Å². The Kier molecular flexibility index (Phi) is 5.37. The van der Waals surface area contributed by atoms with Crippen LogP contribution in [0.3, 0.4) is 0 Å². The number of aromatic nitrogens is 2. The van der Waals surface area contributed by atoms with Gasteiger partial charge < -0.3 is 9.80 Å². The molecule has 2 heterocycles. The molecule has 1 unspecified atom stereocenters. The van der Waals surface area contributed by atoms with Crippen LogP contribution in [-0.2, 0) is 11.3 Å². The topological polar surface area (TPSA) is 61.7 Å². The minimum absolute atomic E-state index is 0.0230. The number of hydrogen-bond donors (Lipinski definition) is 0. The fraction of sp³-hybridized carbons (Fsp3) is 0.421. The van der Waals surface area contributed by atoms with Crippen molar-refractivity contribution < 1.29 is 9.59 Å².